The lowest BCUT2D eigenvalue weighted by Gasteiger charge is -1.96. The number of aryl methyl sites for hydroxylation is 1. The number of nitrogens with zero attached hydrogens (tertiary/aromatic N) is 3. The third-order valence-corrected chi connectivity index (χ3v) is 1.44. The Morgan fingerprint density at radius 3 is 3.10 bits per heavy atom. The number of nitriles is 1. The Morgan fingerprint density at radius 2 is 2.60 bits per heavy atom. The molecule has 0 atom stereocenters. The van der Waals surface area contributed by atoms with E-state index in [1.54, 1.807) is 17.0 Å². The fourth-order valence-corrected chi connectivity index (χ4v) is 0.845. The third kappa shape index (κ3) is 1.49. The van der Waals surface area contributed by atoms with Gasteiger partial charge in [0.1, 0.15) is 0 Å². The highest BCUT2D eigenvalue weighted by atomic mass is 35.5. The van der Waals surface area contributed by atoms with E-state index < -0.39 is 0 Å². The summed E-state index contributed by atoms with van der Waals surface area (Å²) in [5.74, 6) is 0. The molecule has 0 spiro atoms. The third-order valence-electron chi connectivity index (χ3n) is 1.13. The summed E-state index contributed by atoms with van der Waals surface area (Å²) in [5, 5.41) is 8.67. The molecule has 0 aliphatic carbocycles. The zero-order valence-corrected chi connectivity index (χ0v) is 6.04. The number of rotatable bonds is 2. The monoisotopic (exact) mass is 155 g/mol. The Morgan fingerprint density at radius 1 is 1.80 bits per heavy atom. The average Bonchev–Trinajstić information content (AvgIpc) is 2.31. The lowest BCUT2D eigenvalue weighted by molar-refractivity contribution is 0.716. The molecule has 3 nitrogen and oxygen atoms in total. The normalized spacial score (nSPS) is 9.20. The van der Waals surface area contributed by atoms with Crippen molar-refractivity contribution in [3.63, 3.8) is 0 Å². The SMILES string of the molecule is N#CCCn1ccnc1Cl. The molecule has 10 heavy (non-hydrogen) atoms. The quantitative estimate of drug-likeness (QED) is 0.649. The van der Waals surface area contributed by atoms with Crippen LogP contribution in [0.2, 0.25) is 5.28 Å². The van der Waals surface area contributed by atoms with Crippen molar-refractivity contribution in [2.24, 2.45) is 0 Å². The van der Waals surface area contributed by atoms with E-state index in [1.165, 1.54) is 0 Å². The summed E-state index contributed by atoms with van der Waals surface area (Å²) in [4.78, 5) is 3.79. The van der Waals surface area contributed by atoms with Crippen LogP contribution in [0.15, 0.2) is 12.4 Å². The van der Waals surface area contributed by atoms with Gasteiger partial charge in [-0.1, -0.05) is 0 Å². The van der Waals surface area contributed by atoms with E-state index in [1.807, 2.05) is 6.07 Å². The molecule has 1 aromatic rings. The van der Waals surface area contributed by atoms with Crippen molar-refractivity contribution < 1.29 is 0 Å². The van der Waals surface area contributed by atoms with E-state index in [4.69, 9.17) is 16.9 Å². The number of halogens is 1. The minimum absolute atomic E-state index is 0.440. The minimum Gasteiger partial charge on any atom is -0.321 e. The molecule has 0 aliphatic heterocycles. The Labute approximate surface area is 63.9 Å². The fourth-order valence-electron chi connectivity index (χ4n) is 0.648. The van der Waals surface area contributed by atoms with Gasteiger partial charge in [0.05, 0.1) is 12.5 Å². The summed E-state index contributed by atoms with van der Waals surface area (Å²) in [5.41, 5.74) is 0. The van der Waals surface area contributed by atoms with E-state index in [0.717, 1.165) is 0 Å². The van der Waals surface area contributed by atoms with Crippen molar-refractivity contribution in [2.45, 2.75) is 13.0 Å². The van der Waals surface area contributed by atoms with Gasteiger partial charge in [0.15, 0.2) is 0 Å². The summed E-state index contributed by atoms with van der Waals surface area (Å²) in [7, 11) is 0. The predicted molar refractivity (Wildman–Crippen MR) is 37.5 cm³/mol. The van der Waals surface area contributed by atoms with Crippen LogP contribution in [-0.4, -0.2) is 9.55 Å². The lowest BCUT2D eigenvalue weighted by Crippen LogP contribution is -1.94. The molecule has 0 amide bonds. The van der Waals surface area contributed by atoms with Crippen LogP contribution in [0, 0.1) is 11.3 Å². The molecule has 0 N–H and O–H groups in total. The number of hydrogen-bond acceptors (Lipinski definition) is 2. The van der Waals surface area contributed by atoms with Crippen LogP contribution in [-0.2, 0) is 6.54 Å². The first-order valence-corrected chi connectivity index (χ1v) is 3.26. The number of imidazole rings is 1. The smallest absolute Gasteiger partial charge is 0.202 e. The molecule has 4 heteroatoms. The van der Waals surface area contributed by atoms with Gasteiger partial charge in [0.2, 0.25) is 5.28 Å². The lowest BCUT2D eigenvalue weighted by atomic mass is 10.5. The van der Waals surface area contributed by atoms with Crippen LogP contribution in [0.5, 0.6) is 0 Å². The predicted octanol–water partition coefficient (Wildman–Crippen LogP) is 1.45. The Bertz CT molecular complexity index is 248. The maximum absolute atomic E-state index is 8.23. The Kier molecular flexibility index (Phi) is 2.30. The van der Waals surface area contributed by atoms with Gasteiger partial charge >= 0.3 is 0 Å². The summed E-state index contributed by atoms with van der Waals surface area (Å²) in [6.07, 6.45) is 3.83. The van der Waals surface area contributed by atoms with E-state index >= 15 is 0 Å². The summed E-state index contributed by atoms with van der Waals surface area (Å²) in [6, 6.07) is 2.03. The zero-order valence-electron chi connectivity index (χ0n) is 5.29. The van der Waals surface area contributed by atoms with Gasteiger partial charge in [-0.15, -0.1) is 0 Å². The Hall–Kier alpha value is -1.01. The van der Waals surface area contributed by atoms with Crippen molar-refractivity contribution in [2.75, 3.05) is 0 Å². The molecule has 0 saturated carbocycles. The standard InChI is InChI=1S/C6H6ClN3/c7-6-9-3-5-10(6)4-1-2-8/h3,5H,1,4H2. The highest BCUT2D eigenvalue weighted by molar-refractivity contribution is 6.28. The van der Waals surface area contributed by atoms with Gasteiger partial charge in [-0.05, 0) is 11.6 Å². The first-order chi connectivity index (χ1) is 4.84. The fraction of sp³-hybridized carbons (Fsp3) is 0.333. The van der Waals surface area contributed by atoms with Gasteiger partial charge in [-0.25, -0.2) is 4.98 Å². The van der Waals surface area contributed by atoms with Crippen molar-refractivity contribution in [3.8, 4) is 6.07 Å². The molecule has 0 fully saturated rings. The topological polar surface area (TPSA) is 41.6 Å². The van der Waals surface area contributed by atoms with E-state index in [9.17, 15) is 0 Å². The molecule has 0 bridgehead atoms. The van der Waals surface area contributed by atoms with Crippen LogP contribution in [0.1, 0.15) is 6.42 Å². The average molecular weight is 156 g/mol. The molecular weight excluding hydrogens is 150 g/mol. The van der Waals surface area contributed by atoms with Crippen molar-refractivity contribution in [3.05, 3.63) is 17.7 Å². The largest absolute Gasteiger partial charge is 0.321 e. The van der Waals surface area contributed by atoms with Crippen molar-refractivity contribution in [1.29, 1.82) is 5.26 Å². The maximum atomic E-state index is 8.23. The van der Waals surface area contributed by atoms with Gasteiger partial charge < -0.3 is 4.57 Å². The second-order valence-corrected chi connectivity index (χ2v) is 2.14. The van der Waals surface area contributed by atoms with Gasteiger partial charge in [0, 0.05) is 18.9 Å². The second kappa shape index (κ2) is 3.23. The van der Waals surface area contributed by atoms with Crippen LogP contribution < -0.4 is 0 Å². The van der Waals surface area contributed by atoms with Crippen LogP contribution in [0.3, 0.4) is 0 Å². The summed E-state index contributed by atoms with van der Waals surface area (Å²) >= 11 is 5.62. The molecule has 1 rings (SSSR count). The first-order valence-electron chi connectivity index (χ1n) is 2.88. The van der Waals surface area contributed by atoms with Crippen LogP contribution in [0.25, 0.3) is 0 Å². The van der Waals surface area contributed by atoms with Crippen molar-refractivity contribution >= 4 is 11.6 Å². The molecule has 52 valence electrons. The number of aromatic nitrogens is 2. The number of hydrogen-bond donors (Lipinski definition) is 0. The zero-order chi connectivity index (χ0) is 7.40. The van der Waals surface area contributed by atoms with Gasteiger partial charge in [0.25, 0.3) is 0 Å². The van der Waals surface area contributed by atoms with E-state index in [0.29, 0.717) is 18.2 Å². The molecule has 0 unspecified atom stereocenters. The molecule has 0 aromatic carbocycles. The van der Waals surface area contributed by atoms with Crippen LogP contribution >= 0.6 is 11.6 Å². The highest BCUT2D eigenvalue weighted by Gasteiger charge is 1.95. The first kappa shape index (κ1) is 7.10. The van der Waals surface area contributed by atoms with E-state index in [2.05, 4.69) is 4.98 Å². The molecule has 0 radical (unpaired) electrons. The van der Waals surface area contributed by atoms with Gasteiger partial charge in [-0.2, -0.15) is 5.26 Å². The van der Waals surface area contributed by atoms with Crippen molar-refractivity contribution in [1.82, 2.24) is 9.55 Å². The molecular formula is C6H6ClN3. The second-order valence-electron chi connectivity index (χ2n) is 1.80. The highest BCUT2D eigenvalue weighted by Crippen LogP contribution is 2.04. The molecule has 0 saturated heterocycles. The molecule has 1 heterocycles. The minimum atomic E-state index is 0.440. The molecule has 0 aliphatic rings. The van der Waals surface area contributed by atoms with Crippen LogP contribution in [0.4, 0.5) is 0 Å². The summed E-state index contributed by atoms with van der Waals surface area (Å²) in [6.45, 7) is 0.620. The molecule has 1 aromatic heterocycles. The summed E-state index contributed by atoms with van der Waals surface area (Å²) < 4.78 is 1.73. The Balaban J connectivity index is 2.59. The van der Waals surface area contributed by atoms with Gasteiger partial charge in [-0.3, -0.25) is 0 Å². The van der Waals surface area contributed by atoms with E-state index in [-0.39, 0.29) is 0 Å². The maximum Gasteiger partial charge on any atom is 0.202 e.